The zero-order chi connectivity index (χ0) is 17.1. The number of para-hydroxylation sites is 1. The molecule has 5 heteroatoms. The number of hydrogen-bond donors (Lipinski definition) is 1. The number of hydrogen-bond acceptors (Lipinski definition) is 4. The van der Waals surface area contributed by atoms with Crippen molar-refractivity contribution in [2.24, 2.45) is 0 Å². The van der Waals surface area contributed by atoms with Crippen molar-refractivity contribution in [3.8, 4) is 0 Å². The number of carbonyl (C=O) groups is 1. The number of carbonyl (C=O) groups excluding carboxylic acids is 1. The number of fused-ring (bicyclic) bond motifs is 1. The second kappa shape index (κ2) is 7.18. The van der Waals surface area contributed by atoms with Gasteiger partial charge in [-0.3, -0.25) is 4.79 Å². The standard InChI is InChI=1S/C19H25N3O2/c1-4-14-9-10-17(24-14)19(23)20-12-13-11-18(22(2)3)21-16-8-6-5-7-15(13)16/h5-8,11,14,17H,4,9-10,12H2,1-3H3,(H,20,23)/t14-,17-/m1/s1. The van der Waals surface area contributed by atoms with Crippen LogP contribution in [0.2, 0.25) is 0 Å². The molecule has 1 aromatic carbocycles. The molecule has 1 saturated heterocycles. The number of nitrogens with zero attached hydrogens (tertiary/aromatic N) is 2. The Hall–Kier alpha value is -2.14. The lowest BCUT2D eigenvalue weighted by Crippen LogP contribution is -2.34. The van der Waals surface area contributed by atoms with Crippen molar-refractivity contribution in [1.82, 2.24) is 10.3 Å². The molecule has 24 heavy (non-hydrogen) atoms. The predicted molar refractivity (Wildman–Crippen MR) is 96.1 cm³/mol. The first-order valence-electron chi connectivity index (χ1n) is 8.57. The number of amides is 1. The Bertz CT molecular complexity index is 730. The SMILES string of the molecule is CC[C@@H]1CC[C@H](C(=O)NCc2cc(N(C)C)nc3ccccc23)O1. The molecule has 0 bridgehead atoms. The van der Waals surface area contributed by atoms with Gasteiger partial charge in [0, 0.05) is 26.0 Å². The number of nitrogens with one attached hydrogen (secondary N) is 1. The van der Waals surface area contributed by atoms with Gasteiger partial charge in [-0.15, -0.1) is 0 Å². The molecule has 5 nitrogen and oxygen atoms in total. The molecule has 0 unspecified atom stereocenters. The van der Waals surface area contributed by atoms with Crippen molar-refractivity contribution >= 4 is 22.6 Å². The summed E-state index contributed by atoms with van der Waals surface area (Å²) < 4.78 is 5.78. The quantitative estimate of drug-likeness (QED) is 0.917. The summed E-state index contributed by atoms with van der Waals surface area (Å²) in [7, 11) is 3.94. The Labute approximate surface area is 143 Å². The lowest BCUT2D eigenvalue weighted by Gasteiger charge is -2.17. The molecule has 0 radical (unpaired) electrons. The fourth-order valence-corrected chi connectivity index (χ4v) is 3.10. The molecule has 3 rings (SSSR count). The highest BCUT2D eigenvalue weighted by Gasteiger charge is 2.29. The van der Waals surface area contributed by atoms with Crippen LogP contribution in [0.4, 0.5) is 5.82 Å². The van der Waals surface area contributed by atoms with Gasteiger partial charge in [-0.05, 0) is 37.0 Å². The van der Waals surface area contributed by atoms with E-state index in [1.54, 1.807) is 0 Å². The van der Waals surface area contributed by atoms with E-state index < -0.39 is 0 Å². The Morgan fingerprint density at radius 2 is 2.12 bits per heavy atom. The predicted octanol–water partition coefficient (Wildman–Crippen LogP) is 2.87. The number of rotatable bonds is 5. The molecule has 0 aliphatic carbocycles. The van der Waals surface area contributed by atoms with Gasteiger partial charge in [-0.1, -0.05) is 25.1 Å². The van der Waals surface area contributed by atoms with E-state index in [-0.39, 0.29) is 18.1 Å². The minimum Gasteiger partial charge on any atom is -0.365 e. The molecule has 0 spiro atoms. The smallest absolute Gasteiger partial charge is 0.249 e. The fourth-order valence-electron chi connectivity index (χ4n) is 3.10. The highest BCUT2D eigenvalue weighted by molar-refractivity contribution is 5.85. The summed E-state index contributed by atoms with van der Waals surface area (Å²) in [5, 5.41) is 4.11. The maximum absolute atomic E-state index is 12.4. The molecule has 0 saturated carbocycles. The number of ether oxygens (including phenoxy) is 1. The first-order chi connectivity index (χ1) is 11.6. The van der Waals surface area contributed by atoms with Crippen LogP contribution in [0, 0.1) is 0 Å². The number of benzene rings is 1. The molecule has 128 valence electrons. The summed E-state index contributed by atoms with van der Waals surface area (Å²) in [5.41, 5.74) is 2.01. The maximum Gasteiger partial charge on any atom is 0.249 e. The maximum atomic E-state index is 12.4. The minimum absolute atomic E-state index is 0.0155. The third kappa shape index (κ3) is 3.51. The lowest BCUT2D eigenvalue weighted by molar-refractivity contribution is -0.132. The van der Waals surface area contributed by atoms with Gasteiger partial charge in [-0.25, -0.2) is 4.98 Å². The molecule has 2 aromatic rings. The second-order valence-electron chi connectivity index (χ2n) is 6.50. The monoisotopic (exact) mass is 327 g/mol. The Morgan fingerprint density at radius 1 is 1.33 bits per heavy atom. The van der Waals surface area contributed by atoms with Crippen LogP contribution < -0.4 is 10.2 Å². The largest absolute Gasteiger partial charge is 0.365 e. The Balaban J connectivity index is 1.76. The van der Waals surface area contributed by atoms with Gasteiger partial charge >= 0.3 is 0 Å². The second-order valence-corrected chi connectivity index (χ2v) is 6.50. The van der Waals surface area contributed by atoms with Gasteiger partial charge in [0.1, 0.15) is 11.9 Å². The molecule has 1 N–H and O–H groups in total. The average Bonchev–Trinajstić information content (AvgIpc) is 3.08. The number of anilines is 1. The molecule has 2 atom stereocenters. The zero-order valence-corrected chi connectivity index (χ0v) is 14.6. The molecule has 1 aliphatic heterocycles. The van der Waals surface area contributed by atoms with Crippen molar-refractivity contribution < 1.29 is 9.53 Å². The number of aromatic nitrogens is 1. The van der Waals surface area contributed by atoms with E-state index in [9.17, 15) is 4.79 Å². The third-order valence-electron chi connectivity index (χ3n) is 4.55. The van der Waals surface area contributed by atoms with E-state index in [1.165, 1.54) is 0 Å². The third-order valence-corrected chi connectivity index (χ3v) is 4.55. The fraction of sp³-hybridized carbons (Fsp3) is 0.474. The first-order valence-corrected chi connectivity index (χ1v) is 8.57. The topological polar surface area (TPSA) is 54.5 Å². The zero-order valence-electron chi connectivity index (χ0n) is 14.6. The van der Waals surface area contributed by atoms with Crippen molar-refractivity contribution in [3.63, 3.8) is 0 Å². The van der Waals surface area contributed by atoms with Crippen molar-refractivity contribution in [3.05, 3.63) is 35.9 Å². The van der Waals surface area contributed by atoms with Crippen LogP contribution in [-0.2, 0) is 16.1 Å². The minimum atomic E-state index is -0.309. The van der Waals surface area contributed by atoms with Crippen LogP contribution in [0.15, 0.2) is 30.3 Å². The van der Waals surface area contributed by atoms with E-state index in [4.69, 9.17) is 4.74 Å². The van der Waals surface area contributed by atoms with E-state index in [0.29, 0.717) is 6.54 Å². The molecule has 1 aliphatic rings. The van der Waals surface area contributed by atoms with Crippen molar-refractivity contribution in [2.75, 3.05) is 19.0 Å². The summed E-state index contributed by atoms with van der Waals surface area (Å²) in [6, 6.07) is 10.1. The van der Waals surface area contributed by atoms with E-state index in [2.05, 4.69) is 17.2 Å². The average molecular weight is 327 g/mol. The molecular weight excluding hydrogens is 302 g/mol. The van der Waals surface area contributed by atoms with Crippen molar-refractivity contribution in [2.45, 2.75) is 44.9 Å². The van der Waals surface area contributed by atoms with E-state index in [1.807, 2.05) is 49.3 Å². The van der Waals surface area contributed by atoms with Crippen molar-refractivity contribution in [1.29, 1.82) is 0 Å². The van der Waals surface area contributed by atoms with Crippen LogP contribution >= 0.6 is 0 Å². The highest BCUT2D eigenvalue weighted by atomic mass is 16.5. The van der Waals surface area contributed by atoms with Gasteiger partial charge in [0.25, 0.3) is 0 Å². The van der Waals surface area contributed by atoms with Crippen LogP contribution in [0.1, 0.15) is 31.7 Å². The first kappa shape index (κ1) is 16.7. The van der Waals surface area contributed by atoms with E-state index >= 15 is 0 Å². The van der Waals surface area contributed by atoms with E-state index in [0.717, 1.165) is 41.5 Å². The van der Waals surface area contributed by atoms with Gasteiger partial charge < -0.3 is 15.0 Å². The molecule has 1 amide bonds. The molecule has 2 heterocycles. The molecule has 1 aromatic heterocycles. The van der Waals surface area contributed by atoms with Crippen LogP contribution in [0.25, 0.3) is 10.9 Å². The van der Waals surface area contributed by atoms with Gasteiger partial charge in [0.05, 0.1) is 11.6 Å². The summed E-state index contributed by atoms with van der Waals surface area (Å²) >= 11 is 0. The van der Waals surface area contributed by atoms with Crippen LogP contribution in [0.5, 0.6) is 0 Å². The number of pyridine rings is 1. The van der Waals surface area contributed by atoms with Gasteiger partial charge in [0.15, 0.2) is 0 Å². The summed E-state index contributed by atoms with van der Waals surface area (Å²) in [6.45, 7) is 2.58. The Kier molecular flexibility index (Phi) is 5.00. The normalized spacial score (nSPS) is 20.3. The molecular formula is C19H25N3O2. The Morgan fingerprint density at radius 3 is 2.83 bits per heavy atom. The van der Waals surface area contributed by atoms with Gasteiger partial charge in [-0.2, -0.15) is 0 Å². The summed E-state index contributed by atoms with van der Waals surface area (Å²) in [5.74, 6) is 0.874. The van der Waals surface area contributed by atoms with Crippen LogP contribution in [0.3, 0.4) is 0 Å². The summed E-state index contributed by atoms with van der Waals surface area (Å²) in [6.07, 6.45) is 2.66. The highest BCUT2D eigenvalue weighted by Crippen LogP contribution is 2.24. The van der Waals surface area contributed by atoms with Gasteiger partial charge in [0.2, 0.25) is 5.91 Å². The molecule has 1 fully saturated rings. The van der Waals surface area contributed by atoms with Crippen LogP contribution in [-0.4, -0.2) is 37.2 Å². The summed E-state index contributed by atoms with van der Waals surface area (Å²) in [4.78, 5) is 19.0. The lowest BCUT2D eigenvalue weighted by atomic mass is 10.1.